The third-order valence-corrected chi connectivity index (χ3v) is 3.46. The normalized spacial score (nSPS) is 16.8. The Morgan fingerprint density at radius 2 is 2.11 bits per heavy atom. The molecule has 18 heavy (non-hydrogen) atoms. The third-order valence-electron chi connectivity index (χ3n) is 3.46. The summed E-state index contributed by atoms with van der Waals surface area (Å²) in [6, 6.07) is 1.94. The third kappa shape index (κ3) is 2.79. The van der Waals surface area contributed by atoms with Gasteiger partial charge in [0, 0.05) is 32.6 Å². The molecule has 2 rings (SSSR count). The van der Waals surface area contributed by atoms with E-state index in [1.165, 1.54) is 0 Å². The molecular weight excluding hydrogens is 228 g/mol. The molecule has 1 fully saturated rings. The molecule has 5 nitrogen and oxygen atoms in total. The lowest BCUT2D eigenvalue weighted by molar-refractivity contribution is -0.107. The first-order valence-corrected chi connectivity index (χ1v) is 6.40. The lowest BCUT2D eigenvalue weighted by Crippen LogP contribution is -2.46. The van der Waals surface area contributed by atoms with E-state index in [0.29, 0.717) is 12.1 Å². The minimum atomic E-state index is 0.357. The predicted octanol–water partition coefficient (Wildman–Crippen LogP) is 0.547. The molecule has 0 amide bonds. The second-order valence-electron chi connectivity index (χ2n) is 4.53. The number of aldehydes is 1. The van der Waals surface area contributed by atoms with Crippen molar-refractivity contribution in [3.63, 3.8) is 0 Å². The molecule has 1 aromatic rings. The number of carbonyl (C=O) groups is 1. The Morgan fingerprint density at radius 3 is 2.72 bits per heavy atom. The van der Waals surface area contributed by atoms with Crippen LogP contribution < -0.4 is 10.6 Å². The van der Waals surface area contributed by atoms with Crippen molar-refractivity contribution in [3.8, 4) is 0 Å². The number of nitrogens with zero attached hydrogens (tertiary/aromatic N) is 3. The van der Waals surface area contributed by atoms with Gasteiger partial charge < -0.3 is 20.3 Å². The highest BCUT2D eigenvalue weighted by Crippen LogP contribution is 2.19. The van der Waals surface area contributed by atoms with Crippen LogP contribution in [0.15, 0.2) is 12.3 Å². The SMILES string of the molecule is CCN1CCN(c2cc(CC=O)c(N)cn2)CC1. The van der Waals surface area contributed by atoms with Crippen LogP contribution in [-0.2, 0) is 11.2 Å². The number of hydrogen-bond donors (Lipinski definition) is 1. The summed E-state index contributed by atoms with van der Waals surface area (Å²) in [7, 11) is 0. The van der Waals surface area contributed by atoms with Gasteiger partial charge in [-0.25, -0.2) is 4.98 Å². The number of hydrogen-bond acceptors (Lipinski definition) is 5. The fraction of sp³-hybridized carbons (Fsp3) is 0.538. The molecule has 1 aromatic heterocycles. The zero-order valence-electron chi connectivity index (χ0n) is 10.8. The Bertz CT molecular complexity index is 413. The topological polar surface area (TPSA) is 62.5 Å². The maximum absolute atomic E-state index is 10.6. The Balaban J connectivity index is 2.09. The van der Waals surface area contributed by atoms with E-state index in [1.54, 1.807) is 6.20 Å². The zero-order valence-corrected chi connectivity index (χ0v) is 10.8. The van der Waals surface area contributed by atoms with E-state index in [4.69, 9.17) is 5.73 Å². The largest absolute Gasteiger partial charge is 0.397 e. The summed E-state index contributed by atoms with van der Waals surface area (Å²) in [5.74, 6) is 0.928. The quantitative estimate of drug-likeness (QED) is 0.788. The number of likely N-dealkylation sites (N-methyl/N-ethyl adjacent to an activating group) is 1. The van der Waals surface area contributed by atoms with E-state index in [-0.39, 0.29) is 0 Å². The van der Waals surface area contributed by atoms with Crippen LogP contribution in [0.1, 0.15) is 12.5 Å². The Morgan fingerprint density at radius 1 is 1.39 bits per heavy atom. The average Bonchev–Trinajstić information content (AvgIpc) is 2.42. The van der Waals surface area contributed by atoms with Crippen LogP contribution in [0.2, 0.25) is 0 Å². The molecule has 2 N–H and O–H groups in total. The van der Waals surface area contributed by atoms with Crippen molar-refractivity contribution in [2.24, 2.45) is 0 Å². The average molecular weight is 248 g/mol. The second kappa shape index (κ2) is 5.82. The van der Waals surface area contributed by atoms with Gasteiger partial charge in [-0.05, 0) is 18.2 Å². The van der Waals surface area contributed by atoms with E-state index in [2.05, 4.69) is 21.7 Å². The van der Waals surface area contributed by atoms with Crippen molar-refractivity contribution in [2.75, 3.05) is 43.4 Å². The van der Waals surface area contributed by atoms with Crippen LogP contribution in [0, 0.1) is 0 Å². The molecule has 0 bridgehead atoms. The fourth-order valence-corrected chi connectivity index (χ4v) is 2.23. The lowest BCUT2D eigenvalue weighted by atomic mass is 10.1. The van der Waals surface area contributed by atoms with Crippen molar-refractivity contribution >= 4 is 17.8 Å². The molecule has 1 aliphatic heterocycles. The van der Waals surface area contributed by atoms with Gasteiger partial charge in [-0.1, -0.05) is 6.92 Å². The molecule has 0 aromatic carbocycles. The van der Waals surface area contributed by atoms with Crippen LogP contribution >= 0.6 is 0 Å². The smallest absolute Gasteiger partial charge is 0.129 e. The number of nitrogens with two attached hydrogens (primary N) is 1. The molecule has 0 saturated carbocycles. The lowest BCUT2D eigenvalue weighted by Gasteiger charge is -2.34. The molecule has 0 atom stereocenters. The standard InChI is InChI=1S/C13H20N4O/c1-2-16-4-6-17(7-5-16)13-9-11(3-8-18)12(14)10-15-13/h8-10H,2-7,14H2,1H3. The predicted molar refractivity (Wildman–Crippen MR) is 72.7 cm³/mol. The van der Waals surface area contributed by atoms with E-state index < -0.39 is 0 Å². The molecular formula is C13H20N4O. The Kier molecular flexibility index (Phi) is 4.15. The Labute approximate surface area is 108 Å². The number of rotatable bonds is 4. The van der Waals surface area contributed by atoms with E-state index in [0.717, 1.165) is 50.4 Å². The summed E-state index contributed by atoms with van der Waals surface area (Å²) in [6.45, 7) is 7.35. The van der Waals surface area contributed by atoms with Crippen molar-refractivity contribution in [1.29, 1.82) is 0 Å². The molecule has 2 heterocycles. The van der Waals surface area contributed by atoms with E-state index in [1.807, 2.05) is 6.07 Å². The van der Waals surface area contributed by atoms with Crippen LogP contribution in [0.3, 0.4) is 0 Å². The van der Waals surface area contributed by atoms with Gasteiger partial charge in [0.25, 0.3) is 0 Å². The summed E-state index contributed by atoms with van der Waals surface area (Å²) >= 11 is 0. The minimum absolute atomic E-state index is 0.357. The first-order chi connectivity index (χ1) is 8.74. The number of nitrogen functional groups attached to an aromatic ring is 1. The Hall–Kier alpha value is -1.62. The van der Waals surface area contributed by atoms with E-state index in [9.17, 15) is 4.79 Å². The highest BCUT2D eigenvalue weighted by Gasteiger charge is 2.17. The summed E-state index contributed by atoms with van der Waals surface area (Å²) in [5, 5.41) is 0. The highest BCUT2D eigenvalue weighted by molar-refractivity contribution is 5.63. The molecule has 5 heteroatoms. The van der Waals surface area contributed by atoms with Crippen molar-refractivity contribution < 1.29 is 4.79 Å². The van der Waals surface area contributed by atoms with Gasteiger partial charge in [0.15, 0.2) is 0 Å². The van der Waals surface area contributed by atoms with Gasteiger partial charge >= 0.3 is 0 Å². The maximum Gasteiger partial charge on any atom is 0.129 e. The van der Waals surface area contributed by atoms with Crippen molar-refractivity contribution in [1.82, 2.24) is 9.88 Å². The highest BCUT2D eigenvalue weighted by atomic mass is 16.1. The summed E-state index contributed by atoms with van der Waals surface area (Å²) < 4.78 is 0. The van der Waals surface area contributed by atoms with Gasteiger partial charge in [-0.3, -0.25) is 0 Å². The number of pyridine rings is 1. The second-order valence-corrected chi connectivity index (χ2v) is 4.53. The van der Waals surface area contributed by atoms with Gasteiger partial charge in [-0.15, -0.1) is 0 Å². The fourth-order valence-electron chi connectivity index (χ4n) is 2.23. The van der Waals surface area contributed by atoms with Gasteiger partial charge in [0.1, 0.15) is 12.1 Å². The van der Waals surface area contributed by atoms with Gasteiger partial charge in [0.2, 0.25) is 0 Å². The van der Waals surface area contributed by atoms with Crippen LogP contribution in [0.4, 0.5) is 11.5 Å². The van der Waals surface area contributed by atoms with E-state index >= 15 is 0 Å². The van der Waals surface area contributed by atoms with Gasteiger partial charge in [-0.2, -0.15) is 0 Å². The van der Waals surface area contributed by atoms with Gasteiger partial charge in [0.05, 0.1) is 11.9 Å². The number of aromatic nitrogens is 1. The van der Waals surface area contributed by atoms with Crippen molar-refractivity contribution in [3.05, 3.63) is 17.8 Å². The monoisotopic (exact) mass is 248 g/mol. The minimum Gasteiger partial charge on any atom is -0.397 e. The summed E-state index contributed by atoms with van der Waals surface area (Å²) in [6.07, 6.45) is 2.89. The molecule has 98 valence electrons. The molecule has 0 radical (unpaired) electrons. The zero-order chi connectivity index (χ0) is 13.0. The first-order valence-electron chi connectivity index (χ1n) is 6.40. The first kappa shape index (κ1) is 12.8. The molecule has 0 unspecified atom stereocenters. The molecule has 1 aliphatic rings. The van der Waals surface area contributed by atoms with Crippen LogP contribution in [0.5, 0.6) is 0 Å². The molecule has 0 spiro atoms. The number of anilines is 2. The number of carbonyl (C=O) groups excluding carboxylic acids is 1. The summed E-state index contributed by atoms with van der Waals surface area (Å²) in [4.78, 5) is 19.6. The van der Waals surface area contributed by atoms with Crippen LogP contribution in [-0.4, -0.2) is 48.9 Å². The van der Waals surface area contributed by atoms with Crippen molar-refractivity contribution in [2.45, 2.75) is 13.3 Å². The summed E-state index contributed by atoms with van der Waals surface area (Å²) in [5.41, 5.74) is 7.26. The van der Waals surface area contributed by atoms with Crippen LogP contribution in [0.25, 0.3) is 0 Å². The maximum atomic E-state index is 10.6. The molecule has 1 saturated heterocycles. The molecule has 0 aliphatic carbocycles. The number of piperazine rings is 1.